The van der Waals surface area contributed by atoms with Gasteiger partial charge in [0.05, 0.1) is 0 Å². The van der Waals surface area contributed by atoms with Crippen LogP contribution in [0.15, 0.2) is 12.2 Å². The van der Waals surface area contributed by atoms with E-state index < -0.39 is 8.32 Å². The molecule has 0 saturated heterocycles. The summed E-state index contributed by atoms with van der Waals surface area (Å²) in [6.45, 7) is 10.1. The molecular weight excluding hydrogens is 296 g/mol. The smallest absolute Gasteiger partial charge is 0.183 e. The minimum absolute atomic E-state index is 0.983. The molecule has 0 radical (unpaired) electrons. The van der Waals surface area contributed by atoms with Gasteiger partial charge >= 0.3 is 0 Å². The lowest BCUT2D eigenvalue weighted by atomic mass is 10.1. The van der Waals surface area contributed by atoms with Crippen LogP contribution in [-0.4, -0.2) is 14.9 Å². The molecule has 0 aromatic rings. The standard InChI is InChI=1S/C21H44OSi/c1-5-6-7-8-9-10-11-12-13-14-15-16-17-18-19-20-21-22-23(2,3)4/h12-13H,5-11,14-21H2,1-4H3/b13-12+. The Morgan fingerprint density at radius 1 is 0.609 bits per heavy atom. The third kappa shape index (κ3) is 21.9. The topological polar surface area (TPSA) is 9.23 Å². The molecule has 138 valence electrons. The van der Waals surface area contributed by atoms with Gasteiger partial charge in [0.2, 0.25) is 0 Å². The lowest BCUT2D eigenvalue weighted by molar-refractivity contribution is 0.298. The summed E-state index contributed by atoms with van der Waals surface area (Å²) in [5, 5.41) is 0. The van der Waals surface area contributed by atoms with Gasteiger partial charge in [-0.2, -0.15) is 0 Å². The number of hydrogen-bond donors (Lipinski definition) is 0. The van der Waals surface area contributed by atoms with Crippen molar-refractivity contribution in [2.24, 2.45) is 0 Å². The van der Waals surface area contributed by atoms with Crippen LogP contribution in [0.25, 0.3) is 0 Å². The van der Waals surface area contributed by atoms with Crippen LogP contribution in [0.2, 0.25) is 19.6 Å². The van der Waals surface area contributed by atoms with Crippen LogP contribution in [0.3, 0.4) is 0 Å². The summed E-state index contributed by atoms with van der Waals surface area (Å²) in [6, 6.07) is 0. The maximum atomic E-state index is 5.88. The molecule has 0 aromatic carbocycles. The van der Waals surface area contributed by atoms with Gasteiger partial charge in [-0.15, -0.1) is 0 Å². The third-order valence-corrected chi connectivity index (χ3v) is 5.26. The Morgan fingerprint density at radius 3 is 1.52 bits per heavy atom. The SMILES string of the molecule is CCCCCCCC/C=C/CCCCCCCCO[Si](C)(C)C. The summed E-state index contributed by atoms with van der Waals surface area (Å²) in [6.07, 6.45) is 24.0. The lowest BCUT2D eigenvalue weighted by Gasteiger charge is -2.16. The second-order valence-corrected chi connectivity index (χ2v) is 12.4. The highest BCUT2D eigenvalue weighted by Crippen LogP contribution is 2.11. The van der Waals surface area contributed by atoms with E-state index in [1.165, 1.54) is 89.9 Å². The molecular formula is C21H44OSi. The predicted octanol–water partition coefficient (Wildman–Crippen LogP) is 7.88. The van der Waals surface area contributed by atoms with Gasteiger partial charge in [0.1, 0.15) is 0 Å². The molecule has 23 heavy (non-hydrogen) atoms. The number of allylic oxidation sites excluding steroid dienone is 2. The molecule has 0 bridgehead atoms. The van der Waals surface area contributed by atoms with Crippen molar-refractivity contribution < 1.29 is 4.43 Å². The maximum Gasteiger partial charge on any atom is 0.183 e. The second kappa shape index (κ2) is 16.8. The van der Waals surface area contributed by atoms with Gasteiger partial charge in [0, 0.05) is 6.61 Å². The van der Waals surface area contributed by atoms with Crippen molar-refractivity contribution in [1.29, 1.82) is 0 Å². The van der Waals surface area contributed by atoms with Crippen molar-refractivity contribution >= 4 is 8.32 Å². The van der Waals surface area contributed by atoms with E-state index >= 15 is 0 Å². The van der Waals surface area contributed by atoms with Crippen molar-refractivity contribution in [3.8, 4) is 0 Å². The zero-order chi connectivity index (χ0) is 17.2. The fourth-order valence-corrected chi connectivity index (χ4v) is 3.48. The Bertz CT molecular complexity index is 255. The van der Waals surface area contributed by atoms with Gasteiger partial charge in [0.15, 0.2) is 8.32 Å². The highest BCUT2D eigenvalue weighted by atomic mass is 28.4. The average molecular weight is 341 g/mol. The highest BCUT2D eigenvalue weighted by molar-refractivity contribution is 6.69. The minimum Gasteiger partial charge on any atom is -0.418 e. The normalized spacial score (nSPS) is 12.3. The van der Waals surface area contributed by atoms with Crippen molar-refractivity contribution in [3.05, 3.63) is 12.2 Å². The molecule has 0 atom stereocenters. The molecule has 0 rings (SSSR count). The minimum atomic E-state index is -1.27. The van der Waals surface area contributed by atoms with E-state index in [9.17, 15) is 0 Å². The summed E-state index contributed by atoms with van der Waals surface area (Å²) in [5.41, 5.74) is 0. The van der Waals surface area contributed by atoms with Gasteiger partial charge in [-0.05, 0) is 51.7 Å². The van der Waals surface area contributed by atoms with E-state index in [1.54, 1.807) is 0 Å². The molecule has 0 amide bonds. The number of rotatable bonds is 17. The van der Waals surface area contributed by atoms with Crippen molar-refractivity contribution in [2.75, 3.05) is 6.61 Å². The van der Waals surface area contributed by atoms with Crippen molar-refractivity contribution in [2.45, 2.75) is 116 Å². The summed E-state index contributed by atoms with van der Waals surface area (Å²) >= 11 is 0. The maximum absolute atomic E-state index is 5.88. The molecule has 2 heteroatoms. The molecule has 0 aliphatic carbocycles. The third-order valence-electron chi connectivity index (χ3n) is 4.19. The van der Waals surface area contributed by atoms with E-state index in [1.807, 2.05) is 0 Å². The first-order chi connectivity index (χ1) is 11.1. The van der Waals surface area contributed by atoms with Crippen LogP contribution in [-0.2, 0) is 4.43 Å². The summed E-state index contributed by atoms with van der Waals surface area (Å²) in [7, 11) is -1.27. The lowest BCUT2D eigenvalue weighted by Crippen LogP contribution is -2.25. The number of unbranched alkanes of at least 4 members (excludes halogenated alkanes) is 12. The highest BCUT2D eigenvalue weighted by Gasteiger charge is 2.12. The summed E-state index contributed by atoms with van der Waals surface area (Å²) in [5.74, 6) is 0. The molecule has 0 saturated carbocycles. The van der Waals surface area contributed by atoms with E-state index in [4.69, 9.17) is 4.43 Å². The Hall–Kier alpha value is -0.0831. The van der Waals surface area contributed by atoms with Gasteiger partial charge in [-0.25, -0.2) is 0 Å². The van der Waals surface area contributed by atoms with Crippen LogP contribution in [0.5, 0.6) is 0 Å². The van der Waals surface area contributed by atoms with Crippen LogP contribution >= 0.6 is 0 Å². The Balaban J connectivity index is 3.11. The van der Waals surface area contributed by atoms with Crippen LogP contribution in [0.1, 0.15) is 96.8 Å². The van der Waals surface area contributed by atoms with E-state index in [-0.39, 0.29) is 0 Å². The fraction of sp³-hybridized carbons (Fsp3) is 0.905. The Kier molecular flexibility index (Phi) is 16.7. The van der Waals surface area contributed by atoms with Gasteiger partial charge < -0.3 is 4.43 Å². The first kappa shape index (κ1) is 22.9. The van der Waals surface area contributed by atoms with Crippen molar-refractivity contribution in [1.82, 2.24) is 0 Å². The average Bonchev–Trinajstić information content (AvgIpc) is 2.49. The van der Waals surface area contributed by atoms with E-state index in [2.05, 4.69) is 38.7 Å². The predicted molar refractivity (Wildman–Crippen MR) is 109 cm³/mol. The monoisotopic (exact) mass is 340 g/mol. The number of hydrogen-bond acceptors (Lipinski definition) is 1. The molecule has 0 aliphatic rings. The summed E-state index contributed by atoms with van der Waals surface area (Å²) < 4.78 is 5.88. The Morgan fingerprint density at radius 2 is 1.04 bits per heavy atom. The zero-order valence-corrected chi connectivity index (χ0v) is 17.7. The molecule has 0 unspecified atom stereocenters. The van der Waals surface area contributed by atoms with Gasteiger partial charge in [-0.1, -0.05) is 76.9 Å². The molecule has 0 aliphatic heterocycles. The first-order valence-corrected chi connectivity index (χ1v) is 13.8. The molecule has 0 heterocycles. The fourth-order valence-electron chi connectivity index (χ4n) is 2.73. The first-order valence-electron chi connectivity index (χ1n) is 10.3. The van der Waals surface area contributed by atoms with Crippen LogP contribution in [0, 0.1) is 0 Å². The van der Waals surface area contributed by atoms with Crippen LogP contribution in [0.4, 0.5) is 0 Å². The van der Waals surface area contributed by atoms with Gasteiger partial charge in [0.25, 0.3) is 0 Å². The van der Waals surface area contributed by atoms with E-state index in [0.29, 0.717) is 0 Å². The molecule has 0 aromatic heterocycles. The molecule has 0 N–H and O–H groups in total. The van der Waals surface area contributed by atoms with E-state index in [0.717, 1.165) is 6.61 Å². The molecule has 0 spiro atoms. The Labute approximate surface area is 148 Å². The molecule has 1 nitrogen and oxygen atoms in total. The van der Waals surface area contributed by atoms with Crippen LogP contribution < -0.4 is 0 Å². The quantitative estimate of drug-likeness (QED) is 0.149. The van der Waals surface area contributed by atoms with Crippen molar-refractivity contribution in [3.63, 3.8) is 0 Å². The largest absolute Gasteiger partial charge is 0.418 e. The molecule has 0 fully saturated rings. The van der Waals surface area contributed by atoms with Gasteiger partial charge in [-0.3, -0.25) is 0 Å². The summed E-state index contributed by atoms with van der Waals surface area (Å²) in [4.78, 5) is 0. The second-order valence-electron chi connectivity index (χ2n) is 7.90. The zero-order valence-electron chi connectivity index (χ0n) is 16.7.